The second-order valence-electron chi connectivity index (χ2n) is 6.64. The van der Waals surface area contributed by atoms with Gasteiger partial charge in [-0.05, 0) is 37.5 Å². The number of ether oxygens (including phenoxy) is 3. The molecular formula is C16H28O4. The normalized spacial score (nSPS) is 39.3. The molecule has 0 aromatic heterocycles. The van der Waals surface area contributed by atoms with Crippen LogP contribution in [0.5, 0.6) is 0 Å². The van der Waals surface area contributed by atoms with E-state index in [0.717, 1.165) is 45.1 Å². The van der Waals surface area contributed by atoms with Crippen LogP contribution in [-0.4, -0.2) is 43.4 Å². The molecule has 3 rings (SSSR count). The molecule has 0 unspecified atom stereocenters. The zero-order chi connectivity index (χ0) is 14.0. The van der Waals surface area contributed by atoms with Gasteiger partial charge in [-0.2, -0.15) is 0 Å². The molecule has 4 heteroatoms. The van der Waals surface area contributed by atoms with E-state index in [9.17, 15) is 5.11 Å². The van der Waals surface area contributed by atoms with Gasteiger partial charge in [0.15, 0.2) is 5.79 Å². The summed E-state index contributed by atoms with van der Waals surface area (Å²) < 4.78 is 17.9. The highest BCUT2D eigenvalue weighted by molar-refractivity contribution is 5.01. The van der Waals surface area contributed by atoms with Crippen LogP contribution in [0, 0.1) is 17.8 Å². The Balaban J connectivity index is 1.67. The Morgan fingerprint density at radius 2 is 2.05 bits per heavy atom. The minimum absolute atomic E-state index is 0.147. The SMILES string of the molecule is CCCCOC[C@H]1[C@@H]2C[C@@H](O)CC[C@@H]2CC12OCCO2. The smallest absolute Gasteiger partial charge is 0.174 e. The second-order valence-corrected chi connectivity index (χ2v) is 6.64. The van der Waals surface area contributed by atoms with Gasteiger partial charge in [0.25, 0.3) is 0 Å². The van der Waals surface area contributed by atoms with Crippen molar-refractivity contribution in [3.63, 3.8) is 0 Å². The number of hydrogen-bond acceptors (Lipinski definition) is 4. The van der Waals surface area contributed by atoms with Crippen molar-refractivity contribution in [3.05, 3.63) is 0 Å². The van der Waals surface area contributed by atoms with Gasteiger partial charge >= 0.3 is 0 Å². The van der Waals surface area contributed by atoms with Crippen LogP contribution < -0.4 is 0 Å². The first kappa shape index (κ1) is 14.8. The molecule has 1 aliphatic heterocycles. The lowest BCUT2D eigenvalue weighted by molar-refractivity contribution is -0.198. The molecule has 0 bridgehead atoms. The quantitative estimate of drug-likeness (QED) is 0.787. The largest absolute Gasteiger partial charge is 0.393 e. The summed E-state index contributed by atoms with van der Waals surface area (Å²) >= 11 is 0. The zero-order valence-corrected chi connectivity index (χ0v) is 12.6. The molecule has 0 aromatic carbocycles. The molecule has 0 amide bonds. The van der Waals surface area contributed by atoms with Crippen molar-refractivity contribution in [1.82, 2.24) is 0 Å². The number of fused-ring (bicyclic) bond motifs is 1. The van der Waals surface area contributed by atoms with E-state index >= 15 is 0 Å². The number of aliphatic hydroxyl groups is 1. The van der Waals surface area contributed by atoms with Crippen LogP contribution in [-0.2, 0) is 14.2 Å². The summed E-state index contributed by atoms with van der Waals surface area (Å²) in [5.41, 5.74) is 0. The lowest BCUT2D eigenvalue weighted by Gasteiger charge is -2.34. The average Bonchev–Trinajstić information content (AvgIpc) is 3.01. The summed E-state index contributed by atoms with van der Waals surface area (Å²) in [6.45, 7) is 5.12. The Labute approximate surface area is 121 Å². The fourth-order valence-electron chi connectivity index (χ4n) is 4.34. The highest BCUT2D eigenvalue weighted by Crippen LogP contribution is 2.54. The molecule has 2 aliphatic carbocycles. The standard InChI is InChI=1S/C16H28O4/c1-2-3-6-18-11-15-14-9-13(17)5-4-12(14)10-16(15)19-7-8-20-16/h12-15,17H,2-11H2,1H3/t12-,13+,14-,15+/m1/s1. The molecular weight excluding hydrogens is 256 g/mol. The van der Waals surface area contributed by atoms with Gasteiger partial charge < -0.3 is 19.3 Å². The summed E-state index contributed by atoms with van der Waals surface area (Å²) in [7, 11) is 0. The van der Waals surface area contributed by atoms with Crippen LogP contribution in [0.2, 0.25) is 0 Å². The maximum Gasteiger partial charge on any atom is 0.174 e. The fourth-order valence-corrected chi connectivity index (χ4v) is 4.34. The molecule has 4 nitrogen and oxygen atoms in total. The first-order valence-corrected chi connectivity index (χ1v) is 8.29. The van der Waals surface area contributed by atoms with Gasteiger partial charge in [0.1, 0.15) is 0 Å². The lowest BCUT2D eigenvalue weighted by Crippen LogP contribution is -2.40. The number of hydrogen-bond donors (Lipinski definition) is 1. The summed E-state index contributed by atoms with van der Waals surface area (Å²) in [4.78, 5) is 0. The van der Waals surface area contributed by atoms with E-state index in [-0.39, 0.29) is 6.10 Å². The van der Waals surface area contributed by atoms with E-state index in [1.165, 1.54) is 0 Å². The fraction of sp³-hybridized carbons (Fsp3) is 1.00. The van der Waals surface area contributed by atoms with Crippen molar-refractivity contribution in [2.45, 2.75) is 57.3 Å². The van der Waals surface area contributed by atoms with Gasteiger partial charge in [-0.1, -0.05) is 13.3 Å². The van der Waals surface area contributed by atoms with Crippen molar-refractivity contribution < 1.29 is 19.3 Å². The summed E-state index contributed by atoms with van der Waals surface area (Å²) in [6, 6.07) is 0. The maximum atomic E-state index is 9.99. The predicted molar refractivity (Wildman–Crippen MR) is 75.3 cm³/mol. The van der Waals surface area contributed by atoms with E-state index in [1.807, 2.05) is 0 Å². The van der Waals surface area contributed by atoms with Crippen molar-refractivity contribution in [3.8, 4) is 0 Å². The van der Waals surface area contributed by atoms with E-state index in [0.29, 0.717) is 37.6 Å². The third-order valence-electron chi connectivity index (χ3n) is 5.36. The van der Waals surface area contributed by atoms with Crippen molar-refractivity contribution >= 4 is 0 Å². The zero-order valence-electron chi connectivity index (χ0n) is 12.6. The van der Waals surface area contributed by atoms with Crippen LogP contribution in [0.4, 0.5) is 0 Å². The van der Waals surface area contributed by atoms with Crippen LogP contribution >= 0.6 is 0 Å². The van der Waals surface area contributed by atoms with Gasteiger partial charge in [0.05, 0.1) is 25.9 Å². The average molecular weight is 284 g/mol. The first-order valence-electron chi connectivity index (χ1n) is 8.29. The molecule has 1 spiro atoms. The minimum atomic E-state index is -0.411. The second kappa shape index (κ2) is 6.30. The monoisotopic (exact) mass is 284 g/mol. The van der Waals surface area contributed by atoms with Gasteiger partial charge in [0.2, 0.25) is 0 Å². The molecule has 3 aliphatic rings. The molecule has 3 fully saturated rings. The Morgan fingerprint density at radius 1 is 1.25 bits per heavy atom. The van der Waals surface area contributed by atoms with Gasteiger partial charge in [0, 0.05) is 18.9 Å². The summed E-state index contributed by atoms with van der Waals surface area (Å²) in [5, 5.41) is 9.99. The Morgan fingerprint density at radius 3 is 2.80 bits per heavy atom. The predicted octanol–water partition coefficient (Wildman–Crippen LogP) is 2.34. The highest BCUT2D eigenvalue weighted by atomic mass is 16.7. The Kier molecular flexibility index (Phi) is 4.65. The molecule has 1 N–H and O–H groups in total. The summed E-state index contributed by atoms with van der Waals surface area (Å²) in [5.74, 6) is 1.02. The van der Waals surface area contributed by atoms with Crippen molar-refractivity contribution in [1.29, 1.82) is 0 Å². The molecule has 1 saturated heterocycles. The van der Waals surface area contributed by atoms with Crippen LogP contribution in [0.3, 0.4) is 0 Å². The maximum absolute atomic E-state index is 9.99. The lowest BCUT2D eigenvalue weighted by atomic mass is 9.77. The third kappa shape index (κ3) is 2.76. The highest BCUT2D eigenvalue weighted by Gasteiger charge is 2.58. The molecule has 2 saturated carbocycles. The topological polar surface area (TPSA) is 47.9 Å². The minimum Gasteiger partial charge on any atom is -0.393 e. The van der Waals surface area contributed by atoms with Crippen LogP contribution in [0.1, 0.15) is 45.4 Å². The summed E-state index contributed by atoms with van der Waals surface area (Å²) in [6.07, 6.45) is 6.04. The van der Waals surface area contributed by atoms with E-state index in [2.05, 4.69) is 6.92 Å². The van der Waals surface area contributed by atoms with E-state index in [4.69, 9.17) is 14.2 Å². The van der Waals surface area contributed by atoms with Crippen LogP contribution in [0.15, 0.2) is 0 Å². The molecule has 1 heterocycles. The molecule has 116 valence electrons. The Bertz CT molecular complexity index is 314. The van der Waals surface area contributed by atoms with Gasteiger partial charge in [-0.25, -0.2) is 0 Å². The van der Waals surface area contributed by atoms with E-state index in [1.54, 1.807) is 0 Å². The van der Waals surface area contributed by atoms with Gasteiger partial charge in [-0.3, -0.25) is 0 Å². The molecule has 0 radical (unpaired) electrons. The number of rotatable bonds is 5. The van der Waals surface area contributed by atoms with Crippen LogP contribution in [0.25, 0.3) is 0 Å². The number of unbranched alkanes of at least 4 members (excludes halogenated alkanes) is 1. The first-order chi connectivity index (χ1) is 9.75. The molecule has 4 atom stereocenters. The third-order valence-corrected chi connectivity index (χ3v) is 5.36. The van der Waals surface area contributed by atoms with Crippen molar-refractivity contribution in [2.24, 2.45) is 17.8 Å². The van der Waals surface area contributed by atoms with E-state index < -0.39 is 5.79 Å². The molecule has 0 aromatic rings. The number of aliphatic hydroxyl groups excluding tert-OH is 1. The van der Waals surface area contributed by atoms with Gasteiger partial charge in [-0.15, -0.1) is 0 Å². The Hall–Kier alpha value is -0.160. The molecule has 20 heavy (non-hydrogen) atoms. The van der Waals surface area contributed by atoms with Crippen molar-refractivity contribution in [2.75, 3.05) is 26.4 Å².